The summed E-state index contributed by atoms with van der Waals surface area (Å²) in [6.07, 6.45) is 0. The van der Waals surface area contributed by atoms with E-state index in [9.17, 15) is 14.9 Å². The highest BCUT2D eigenvalue weighted by molar-refractivity contribution is 9.10. The Morgan fingerprint density at radius 1 is 1.05 bits per heavy atom. The summed E-state index contributed by atoms with van der Waals surface area (Å²) in [6.45, 7) is 1.53. The zero-order valence-electron chi connectivity index (χ0n) is 12.1. The summed E-state index contributed by atoms with van der Waals surface area (Å²) in [5.41, 5.74) is 1.32. The highest BCUT2D eigenvalue weighted by atomic mass is 79.9. The van der Waals surface area contributed by atoms with Gasteiger partial charge in [0, 0.05) is 17.4 Å². The number of rotatable bonds is 6. The molecule has 4 nitrogen and oxygen atoms in total. The number of Topliss-reactive ketones (excluding diaryl/α,β-unsaturated/α-hetero) is 1. The molecule has 2 aromatic carbocycles. The molecular formula is C17H16BrNO3. The van der Waals surface area contributed by atoms with Crippen molar-refractivity contribution >= 4 is 21.7 Å². The van der Waals surface area contributed by atoms with E-state index in [1.807, 2.05) is 36.4 Å². The number of carbonyl (C=O) groups is 1. The molecule has 3 unspecified atom stereocenters. The van der Waals surface area contributed by atoms with Crippen LogP contribution in [0.25, 0.3) is 0 Å². The largest absolute Gasteiger partial charge is 0.293 e. The average Bonchev–Trinajstić information content (AvgIpc) is 2.56. The van der Waals surface area contributed by atoms with E-state index in [-0.39, 0.29) is 10.7 Å². The van der Waals surface area contributed by atoms with Crippen molar-refractivity contribution in [1.29, 1.82) is 0 Å². The van der Waals surface area contributed by atoms with E-state index < -0.39 is 16.8 Å². The van der Waals surface area contributed by atoms with E-state index in [0.717, 1.165) is 5.56 Å². The standard InChI is InChI=1S/C17H16BrNO3/c1-12(19(21)22)15(13-8-4-2-5-9-13)16(18)17(20)14-10-6-3-7-11-14/h2-12,15-16H,1H3. The second-order valence-electron chi connectivity index (χ2n) is 5.09. The summed E-state index contributed by atoms with van der Waals surface area (Å²) in [5, 5.41) is 11.3. The molecule has 0 aromatic heterocycles. The van der Waals surface area contributed by atoms with Gasteiger partial charge >= 0.3 is 0 Å². The van der Waals surface area contributed by atoms with E-state index in [2.05, 4.69) is 15.9 Å². The number of halogens is 1. The topological polar surface area (TPSA) is 60.2 Å². The monoisotopic (exact) mass is 361 g/mol. The van der Waals surface area contributed by atoms with Gasteiger partial charge in [-0.05, 0) is 5.56 Å². The summed E-state index contributed by atoms with van der Waals surface area (Å²) in [5.74, 6) is -0.688. The molecule has 0 saturated heterocycles. The first kappa shape index (κ1) is 16.4. The van der Waals surface area contributed by atoms with Gasteiger partial charge in [-0.3, -0.25) is 14.9 Å². The predicted octanol–water partition coefficient (Wildman–Crippen LogP) is 4.08. The maximum Gasteiger partial charge on any atom is 0.218 e. The van der Waals surface area contributed by atoms with Crippen LogP contribution in [-0.4, -0.2) is 21.6 Å². The van der Waals surface area contributed by atoms with E-state index in [4.69, 9.17) is 0 Å². The van der Waals surface area contributed by atoms with Gasteiger partial charge in [0.1, 0.15) is 0 Å². The fourth-order valence-electron chi connectivity index (χ4n) is 2.42. The molecule has 5 heteroatoms. The van der Waals surface area contributed by atoms with Crippen LogP contribution < -0.4 is 0 Å². The quantitative estimate of drug-likeness (QED) is 0.337. The zero-order valence-corrected chi connectivity index (χ0v) is 13.6. The molecule has 0 bridgehead atoms. The molecule has 2 rings (SSSR count). The van der Waals surface area contributed by atoms with Crippen molar-refractivity contribution in [2.45, 2.75) is 23.7 Å². The third kappa shape index (κ3) is 3.60. The number of ketones is 1. The molecule has 0 amide bonds. The van der Waals surface area contributed by atoms with Gasteiger partial charge < -0.3 is 0 Å². The van der Waals surface area contributed by atoms with Crippen molar-refractivity contribution in [2.75, 3.05) is 0 Å². The van der Waals surface area contributed by atoms with Gasteiger partial charge in [0.05, 0.1) is 10.7 Å². The lowest BCUT2D eigenvalue weighted by Crippen LogP contribution is -2.34. The van der Waals surface area contributed by atoms with Gasteiger partial charge in [0.25, 0.3) is 0 Å². The molecule has 114 valence electrons. The van der Waals surface area contributed by atoms with Crippen LogP contribution in [0, 0.1) is 10.1 Å². The first-order chi connectivity index (χ1) is 10.5. The average molecular weight is 362 g/mol. The van der Waals surface area contributed by atoms with Gasteiger partial charge in [-0.15, -0.1) is 0 Å². The number of hydrogen-bond donors (Lipinski definition) is 0. The van der Waals surface area contributed by atoms with Crippen molar-refractivity contribution in [1.82, 2.24) is 0 Å². The minimum atomic E-state index is -0.876. The molecule has 0 aliphatic rings. The van der Waals surface area contributed by atoms with Crippen molar-refractivity contribution in [3.05, 3.63) is 81.9 Å². The Kier molecular flexibility index (Phi) is 5.44. The van der Waals surface area contributed by atoms with Crippen molar-refractivity contribution in [3.63, 3.8) is 0 Å². The molecule has 0 heterocycles. The van der Waals surface area contributed by atoms with Gasteiger partial charge in [0.2, 0.25) is 6.04 Å². The first-order valence-corrected chi connectivity index (χ1v) is 7.85. The van der Waals surface area contributed by atoms with E-state index in [1.54, 1.807) is 24.3 Å². The fourth-order valence-corrected chi connectivity index (χ4v) is 3.43. The van der Waals surface area contributed by atoms with Crippen LogP contribution >= 0.6 is 15.9 Å². The number of carbonyl (C=O) groups excluding carboxylic acids is 1. The first-order valence-electron chi connectivity index (χ1n) is 6.94. The fraction of sp³-hybridized carbons (Fsp3) is 0.235. The van der Waals surface area contributed by atoms with Crippen LogP contribution in [0.4, 0.5) is 0 Å². The van der Waals surface area contributed by atoms with E-state index >= 15 is 0 Å². The Hall–Kier alpha value is -2.01. The van der Waals surface area contributed by atoms with Gasteiger partial charge in [-0.1, -0.05) is 76.6 Å². The van der Waals surface area contributed by atoms with Gasteiger partial charge in [0.15, 0.2) is 5.78 Å². The number of benzene rings is 2. The molecule has 0 fully saturated rings. The maximum absolute atomic E-state index is 12.6. The summed E-state index contributed by atoms with van der Waals surface area (Å²) in [4.78, 5) is 22.9. The number of nitro groups is 1. The highest BCUT2D eigenvalue weighted by Gasteiger charge is 2.37. The number of alkyl halides is 1. The molecule has 22 heavy (non-hydrogen) atoms. The normalized spacial score (nSPS) is 14.8. The second-order valence-corrected chi connectivity index (χ2v) is 6.08. The van der Waals surface area contributed by atoms with Crippen LogP contribution in [-0.2, 0) is 0 Å². The molecule has 2 aromatic rings. The molecule has 0 saturated carbocycles. The summed E-state index contributed by atoms with van der Waals surface area (Å²) >= 11 is 3.40. The Morgan fingerprint density at radius 2 is 1.55 bits per heavy atom. The van der Waals surface area contributed by atoms with E-state index in [1.165, 1.54) is 6.92 Å². The third-order valence-electron chi connectivity index (χ3n) is 3.66. The number of nitrogens with zero attached hydrogens (tertiary/aromatic N) is 1. The lowest BCUT2D eigenvalue weighted by Gasteiger charge is -2.23. The van der Waals surface area contributed by atoms with E-state index in [0.29, 0.717) is 5.56 Å². The lowest BCUT2D eigenvalue weighted by molar-refractivity contribution is -0.521. The third-order valence-corrected chi connectivity index (χ3v) is 4.65. The van der Waals surface area contributed by atoms with Crippen LogP contribution in [0.5, 0.6) is 0 Å². The molecule has 3 atom stereocenters. The molecule has 0 spiro atoms. The Morgan fingerprint density at radius 3 is 2.05 bits per heavy atom. The van der Waals surface area contributed by atoms with Crippen LogP contribution in [0.2, 0.25) is 0 Å². The summed E-state index contributed by atoms with van der Waals surface area (Å²) in [6, 6.07) is 17.1. The van der Waals surface area contributed by atoms with Crippen LogP contribution in [0.15, 0.2) is 60.7 Å². The van der Waals surface area contributed by atoms with Crippen LogP contribution in [0.1, 0.15) is 28.8 Å². The lowest BCUT2D eigenvalue weighted by atomic mass is 9.86. The smallest absolute Gasteiger partial charge is 0.218 e. The molecule has 0 aliphatic heterocycles. The molecule has 0 aliphatic carbocycles. The maximum atomic E-state index is 12.6. The number of hydrogen-bond acceptors (Lipinski definition) is 3. The highest BCUT2D eigenvalue weighted by Crippen LogP contribution is 2.32. The molecular weight excluding hydrogens is 346 g/mol. The summed E-state index contributed by atoms with van der Waals surface area (Å²) in [7, 11) is 0. The predicted molar refractivity (Wildman–Crippen MR) is 89.1 cm³/mol. The second kappa shape index (κ2) is 7.31. The Bertz CT molecular complexity index is 645. The SMILES string of the molecule is CC(C(c1ccccc1)C(Br)C(=O)c1ccccc1)[N+](=O)[O-]. The van der Waals surface area contributed by atoms with Crippen molar-refractivity contribution in [3.8, 4) is 0 Å². The Labute approximate surface area is 137 Å². The Balaban J connectivity index is 2.37. The van der Waals surface area contributed by atoms with Gasteiger partial charge in [-0.25, -0.2) is 0 Å². The minimum Gasteiger partial charge on any atom is -0.293 e. The minimum absolute atomic E-state index is 0.150. The van der Waals surface area contributed by atoms with Crippen molar-refractivity contribution in [2.24, 2.45) is 0 Å². The molecule has 0 N–H and O–H groups in total. The zero-order chi connectivity index (χ0) is 16.1. The summed E-state index contributed by atoms with van der Waals surface area (Å²) < 4.78 is 0. The molecule has 0 radical (unpaired) electrons. The van der Waals surface area contributed by atoms with Crippen molar-refractivity contribution < 1.29 is 9.72 Å². The van der Waals surface area contributed by atoms with Gasteiger partial charge in [-0.2, -0.15) is 0 Å². The van der Waals surface area contributed by atoms with Crippen LogP contribution in [0.3, 0.4) is 0 Å².